The number of carbonyl (C=O) groups is 3. The van der Waals surface area contributed by atoms with Gasteiger partial charge in [-0.15, -0.1) is 11.3 Å². The number of rotatable bonds is 8. The normalized spacial score (nSPS) is 12.5. The molecular formula is C27H25Cl2N3O6S. The highest BCUT2D eigenvalue weighted by Crippen LogP contribution is 2.39. The Morgan fingerprint density at radius 2 is 1.82 bits per heavy atom. The molecule has 2 aromatic carbocycles. The molecule has 1 aromatic heterocycles. The van der Waals surface area contributed by atoms with E-state index in [1.807, 2.05) is 0 Å². The number of carbonyl (C=O) groups excluding carboxylic acids is 3. The molecular weight excluding hydrogens is 565 g/mol. The lowest BCUT2D eigenvalue weighted by molar-refractivity contribution is -0.136. The number of hydrogen-bond acceptors (Lipinski definition) is 8. The van der Waals surface area contributed by atoms with Crippen molar-refractivity contribution in [1.29, 1.82) is 0 Å². The van der Waals surface area contributed by atoms with Gasteiger partial charge in [0.1, 0.15) is 11.6 Å². The Hall–Kier alpha value is -3.60. The van der Waals surface area contributed by atoms with Gasteiger partial charge < -0.3 is 19.5 Å². The summed E-state index contributed by atoms with van der Waals surface area (Å²) in [4.78, 5) is 38.3. The molecule has 0 aliphatic heterocycles. The van der Waals surface area contributed by atoms with E-state index < -0.39 is 17.8 Å². The fraction of sp³-hybridized carbons (Fsp3) is 0.259. The summed E-state index contributed by atoms with van der Waals surface area (Å²) < 4.78 is 16.2. The quantitative estimate of drug-likeness (QED) is 0.157. The number of methoxy groups -OCH3 is 2. The maximum absolute atomic E-state index is 12.5. The highest BCUT2D eigenvalue weighted by atomic mass is 35.5. The molecule has 1 aliphatic carbocycles. The zero-order valence-electron chi connectivity index (χ0n) is 21.4. The molecule has 2 N–H and O–H groups in total. The minimum absolute atomic E-state index is 0.203. The molecule has 0 saturated carbocycles. The maximum atomic E-state index is 12.5. The molecule has 0 bridgehead atoms. The zero-order valence-corrected chi connectivity index (χ0v) is 23.7. The largest absolute Gasteiger partial charge is 0.493 e. The highest BCUT2D eigenvalue weighted by Gasteiger charge is 2.29. The van der Waals surface area contributed by atoms with Gasteiger partial charge in [-0.1, -0.05) is 29.3 Å². The van der Waals surface area contributed by atoms with Crippen LogP contribution in [0, 0.1) is 0 Å². The number of nitrogens with one attached hydrogen (secondary N) is 2. The van der Waals surface area contributed by atoms with E-state index in [0.717, 1.165) is 35.3 Å². The van der Waals surface area contributed by atoms with E-state index in [-0.39, 0.29) is 6.61 Å². The van der Waals surface area contributed by atoms with Gasteiger partial charge in [-0.3, -0.25) is 9.59 Å². The molecule has 0 spiro atoms. The Balaban J connectivity index is 1.40. The van der Waals surface area contributed by atoms with Crippen molar-refractivity contribution < 1.29 is 28.6 Å². The number of hydrazone groups is 1. The summed E-state index contributed by atoms with van der Waals surface area (Å²) in [6.45, 7) is 1.87. The molecule has 39 heavy (non-hydrogen) atoms. The van der Waals surface area contributed by atoms with E-state index in [2.05, 4.69) is 15.8 Å². The van der Waals surface area contributed by atoms with Crippen LogP contribution in [0.2, 0.25) is 10.0 Å². The van der Waals surface area contributed by atoms with Gasteiger partial charge in [0, 0.05) is 26.0 Å². The van der Waals surface area contributed by atoms with E-state index in [0.29, 0.717) is 43.4 Å². The van der Waals surface area contributed by atoms with Crippen LogP contribution in [-0.4, -0.2) is 37.7 Å². The van der Waals surface area contributed by atoms with Gasteiger partial charge in [0.25, 0.3) is 0 Å². The molecule has 0 radical (unpaired) electrons. The third kappa shape index (κ3) is 6.52. The second-order valence-corrected chi connectivity index (χ2v) is 10.5. The Morgan fingerprint density at radius 1 is 1.03 bits per heavy atom. The lowest BCUT2D eigenvalue weighted by Crippen LogP contribution is -2.33. The summed E-state index contributed by atoms with van der Waals surface area (Å²) in [5, 5.41) is 7.89. The van der Waals surface area contributed by atoms with Crippen molar-refractivity contribution in [1.82, 2.24) is 5.43 Å². The number of aryl methyl sites for hydroxylation is 1. The van der Waals surface area contributed by atoms with E-state index in [4.69, 9.17) is 37.4 Å². The van der Waals surface area contributed by atoms with Gasteiger partial charge in [0.2, 0.25) is 0 Å². The molecule has 9 nitrogen and oxygen atoms in total. The predicted molar refractivity (Wildman–Crippen MR) is 150 cm³/mol. The van der Waals surface area contributed by atoms with Crippen LogP contribution >= 0.6 is 34.5 Å². The molecule has 2 amide bonds. The van der Waals surface area contributed by atoms with Crippen molar-refractivity contribution in [3.8, 4) is 11.5 Å². The third-order valence-corrected chi connectivity index (χ3v) is 7.84. The van der Waals surface area contributed by atoms with Crippen LogP contribution in [0.25, 0.3) is 0 Å². The van der Waals surface area contributed by atoms with Crippen molar-refractivity contribution in [3.63, 3.8) is 0 Å². The summed E-state index contributed by atoms with van der Waals surface area (Å²) in [7, 11) is 2.78. The van der Waals surface area contributed by atoms with Gasteiger partial charge in [-0.2, -0.15) is 5.10 Å². The predicted octanol–water partition coefficient (Wildman–Crippen LogP) is 5.40. The fourth-order valence-corrected chi connectivity index (χ4v) is 5.76. The first-order valence-electron chi connectivity index (χ1n) is 11.9. The molecule has 4 rings (SSSR count). The summed E-state index contributed by atoms with van der Waals surface area (Å²) >= 11 is 13.4. The number of hydrogen-bond donors (Lipinski definition) is 2. The Morgan fingerprint density at radius 3 is 2.54 bits per heavy atom. The van der Waals surface area contributed by atoms with Gasteiger partial charge in [0.05, 0.1) is 25.5 Å². The first kappa shape index (κ1) is 28.4. The number of amides is 2. The minimum Gasteiger partial charge on any atom is -0.493 e. The molecule has 3 aromatic rings. The monoisotopic (exact) mass is 589 g/mol. The van der Waals surface area contributed by atoms with Crippen LogP contribution in [0.15, 0.2) is 41.5 Å². The highest BCUT2D eigenvalue weighted by molar-refractivity contribution is 7.17. The minimum atomic E-state index is -0.981. The number of benzene rings is 2. The van der Waals surface area contributed by atoms with Crippen molar-refractivity contribution >= 4 is 63.0 Å². The first-order chi connectivity index (χ1) is 18.7. The zero-order chi connectivity index (χ0) is 28.1. The smallest absolute Gasteiger partial charge is 0.341 e. The van der Waals surface area contributed by atoms with Crippen LogP contribution in [0.4, 0.5) is 5.00 Å². The number of thiophene rings is 1. The van der Waals surface area contributed by atoms with Gasteiger partial charge in [0.15, 0.2) is 11.5 Å². The fourth-order valence-electron chi connectivity index (χ4n) is 4.03. The number of ether oxygens (including phenoxy) is 3. The molecule has 0 saturated heterocycles. The van der Waals surface area contributed by atoms with Gasteiger partial charge in [-0.05, 0) is 62.1 Å². The summed E-state index contributed by atoms with van der Waals surface area (Å²) in [6.07, 6.45) is 2.48. The van der Waals surface area contributed by atoms with Crippen molar-refractivity contribution in [3.05, 3.63) is 73.6 Å². The van der Waals surface area contributed by atoms with Crippen LogP contribution in [0.3, 0.4) is 0 Å². The van der Waals surface area contributed by atoms with E-state index >= 15 is 0 Å². The second-order valence-electron chi connectivity index (χ2n) is 8.54. The Labute approximate surface area is 239 Å². The van der Waals surface area contributed by atoms with E-state index in [1.54, 1.807) is 43.3 Å². The van der Waals surface area contributed by atoms with Crippen molar-refractivity contribution in [2.75, 3.05) is 19.5 Å². The average molecular weight is 590 g/mol. The summed E-state index contributed by atoms with van der Waals surface area (Å²) in [5.74, 6) is -1.55. The first-order valence-corrected chi connectivity index (χ1v) is 13.4. The molecule has 1 heterocycles. The molecule has 12 heteroatoms. The third-order valence-electron chi connectivity index (χ3n) is 6.05. The van der Waals surface area contributed by atoms with Crippen LogP contribution < -0.4 is 20.2 Å². The van der Waals surface area contributed by atoms with Crippen molar-refractivity contribution in [2.24, 2.45) is 5.10 Å². The number of anilines is 1. The lowest BCUT2D eigenvalue weighted by Gasteiger charge is -2.13. The number of halogens is 2. The number of nitrogens with zero attached hydrogens (tertiary/aromatic N) is 1. The molecule has 204 valence electrons. The van der Waals surface area contributed by atoms with Crippen molar-refractivity contribution in [2.45, 2.75) is 32.8 Å². The average Bonchev–Trinajstić information content (AvgIpc) is 3.51. The SMILES string of the molecule is COC(=O)c1c(NC(=O)C(=O)NN=C(C)c2ccc(OCc3ccc(Cl)cc3Cl)c(OC)c2)sc2c1CCC2. The van der Waals surface area contributed by atoms with Crippen LogP contribution in [-0.2, 0) is 33.8 Å². The topological polar surface area (TPSA) is 115 Å². The number of fused-ring (bicyclic) bond motifs is 1. The number of esters is 1. The van der Waals surface area contributed by atoms with E-state index in [1.165, 1.54) is 25.6 Å². The molecule has 0 fully saturated rings. The second kappa shape index (κ2) is 12.5. The lowest BCUT2D eigenvalue weighted by atomic mass is 10.1. The Bertz CT molecular complexity index is 1470. The standard InChI is InChI=1S/C27H25Cl2N3O6S/c1-14(15-8-10-20(21(11-15)36-2)38-13-16-7-9-17(28)12-19(16)29)31-32-25(34)24(33)30-26-23(27(35)37-3)18-5-4-6-22(18)39-26/h7-12H,4-6,13H2,1-3H3,(H,30,33)(H,32,34). The molecule has 0 atom stereocenters. The maximum Gasteiger partial charge on any atom is 0.341 e. The van der Waals surface area contributed by atoms with Gasteiger partial charge >= 0.3 is 17.8 Å². The molecule has 1 aliphatic rings. The summed E-state index contributed by atoms with van der Waals surface area (Å²) in [5.41, 5.74) is 5.24. The summed E-state index contributed by atoms with van der Waals surface area (Å²) in [6, 6.07) is 10.3. The Kier molecular flexibility index (Phi) is 9.11. The molecule has 0 unspecified atom stereocenters. The van der Waals surface area contributed by atoms with Gasteiger partial charge in [-0.25, -0.2) is 10.2 Å². The van der Waals surface area contributed by atoms with Crippen LogP contribution in [0.5, 0.6) is 11.5 Å². The van der Waals surface area contributed by atoms with Crippen LogP contribution in [0.1, 0.15) is 45.3 Å². The van der Waals surface area contributed by atoms with E-state index in [9.17, 15) is 14.4 Å².